The minimum Gasteiger partial charge on any atom is -0.445 e. The predicted molar refractivity (Wildman–Crippen MR) is 109 cm³/mol. The van der Waals surface area contributed by atoms with E-state index in [2.05, 4.69) is 5.32 Å². The predicted octanol–water partition coefficient (Wildman–Crippen LogP) is 2.86. The Kier molecular flexibility index (Phi) is 9.65. The summed E-state index contributed by atoms with van der Waals surface area (Å²) in [5.74, 6) is -1.38. The summed E-state index contributed by atoms with van der Waals surface area (Å²) in [4.78, 5) is 25.3. The monoisotopic (exact) mass is 391 g/mol. The Labute approximate surface area is 167 Å². The molecule has 0 aliphatic rings. The molecular weight excluding hydrogens is 358 g/mol. The second kappa shape index (κ2) is 11.4. The van der Waals surface area contributed by atoms with E-state index in [0.29, 0.717) is 12.8 Å². The van der Waals surface area contributed by atoms with Gasteiger partial charge in [-0.3, -0.25) is 10.2 Å². The number of Topliss-reactive ketones (excluding diaryl/α,β-unsaturated/α-hetero) is 1. The van der Waals surface area contributed by atoms with Gasteiger partial charge in [0.2, 0.25) is 0 Å². The lowest BCUT2D eigenvalue weighted by molar-refractivity contribution is -0.128. The number of hydrogen-bond donors (Lipinski definition) is 4. The lowest BCUT2D eigenvalue weighted by atomic mass is 9.83. The van der Waals surface area contributed by atoms with E-state index in [4.69, 9.17) is 15.9 Å². The summed E-state index contributed by atoms with van der Waals surface area (Å²) in [7, 11) is 0. The van der Waals surface area contributed by atoms with Gasteiger partial charge in [0.25, 0.3) is 0 Å². The first-order chi connectivity index (χ1) is 13.1. The van der Waals surface area contributed by atoms with Crippen molar-refractivity contribution in [1.29, 1.82) is 5.41 Å². The molecule has 0 aliphatic heterocycles. The molecule has 0 aliphatic carbocycles. The van der Waals surface area contributed by atoms with Gasteiger partial charge >= 0.3 is 6.09 Å². The molecule has 0 radical (unpaired) electrons. The Balaban J connectivity index is 2.86. The third kappa shape index (κ3) is 8.08. The molecule has 0 bridgehead atoms. The fraction of sp³-hybridized carbons (Fsp3) is 0.571. The second-order valence-corrected chi connectivity index (χ2v) is 7.93. The van der Waals surface area contributed by atoms with E-state index in [1.807, 2.05) is 58.0 Å². The molecule has 0 aromatic heterocycles. The van der Waals surface area contributed by atoms with Gasteiger partial charge in [0.15, 0.2) is 5.78 Å². The van der Waals surface area contributed by atoms with Crippen molar-refractivity contribution >= 4 is 17.7 Å². The van der Waals surface area contributed by atoms with Crippen LogP contribution in [0.2, 0.25) is 0 Å². The molecule has 0 saturated heterocycles. The fourth-order valence-electron chi connectivity index (χ4n) is 3.01. The van der Waals surface area contributed by atoms with Gasteiger partial charge in [0.05, 0.1) is 12.0 Å². The molecule has 0 heterocycles. The van der Waals surface area contributed by atoms with Gasteiger partial charge in [-0.15, -0.1) is 0 Å². The highest BCUT2D eigenvalue weighted by Crippen LogP contribution is 2.21. The zero-order valence-corrected chi connectivity index (χ0v) is 17.1. The summed E-state index contributed by atoms with van der Waals surface area (Å²) in [6, 6.07) is 8.43. The van der Waals surface area contributed by atoms with Crippen molar-refractivity contribution in [3.8, 4) is 0 Å². The standard InChI is InChI=1S/C21H33N3O4/c1-13(2)10-16(19(26)20(22)23)18(25)17(11-14(3)4)24-21(27)28-12-15-8-6-5-7-9-15/h5-9,13-14,16-17,19,26H,10-12H2,1-4H3,(H3,22,23)(H,24,27)/t16-,17-,19?/m0/s1. The van der Waals surface area contributed by atoms with E-state index in [0.717, 1.165) is 5.56 Å². The van der Waals surface area contributed by atoms with Crippen LogP contribution in [0.1, 0.15) is 46.1 Å². The van der Waals surface area contributed by atoms with Crippen molar-refractivity contribution in [2.75, 3.05) is 0 Å². The van der Waals surface area contributed by atoms with Crippen LogP contribution in [0.5, 0.6) is 0 Å². The van der Waals surface area contributed by atoms with Crippen LogP contribution in [-0.2, 0) is 16.1 Å². The first-order valence-corrected chi connectivity index (χ1v) is 9.64. The molecule has 5 N–H and O–H groups in total. The molecule has 156 valence electrons. The average molecular weight is 392 g/mol. The zero-order chi connectivity index (χ0) is 21.3. The van der Waals surface area contributed by atoms with E-state index < -0.39 is 30.0 Å². The van der Waals surface area contributed by atoms with Gasteiger partial charge in [-0.25, -0.2) is 4.79 Å². The minimum atomic E-state index is -1.37. The van der Waals surface area contributed by atoms with E-state index in [1.54, 1.807) is 0 Å². The molecule has 0 saturated carbocycles. The summed E-state index contributed by atoms with van der Waals surface area (Å²) in [6.45, 7) is 7.82. The zero-order valence-electron chi connectivity index (χ0n) is 17.1. The number of alkyl carbamates (subject to hydrolysis) is 1. The SMILES string of the molecule is CC(C)C[C@H](NC(=O)OCc1ccccc1)C(=O)[C@H](CC(C)C)C(O)C(=N)N. The molecule has 1 amide bonds. The van der Waals surface area contributed by atoms with Crippen molar-refractivity contribution in [1.82, 2.24) is 5.32 Å². The summed E-state index contributed by atoms with van der Waals surface area (Å²) >= 11 is 0. The smallest absolute Gasteiger partial charge is 0.408 e. The number of ether oxygens (including phenoxy) is 1. The highest BCUT2D eigenvalue weighted by Gasteiger charge is 2.35. The largest absolute Gasteiger partial charge is 0.445 e. The number of amides is 1. The van der Waals surface area contributed by atoms with Crippen molar-refractivity contribution in [3.63, 3.8) is 0 Å². The molecule has 1 rings (SSSR count). The Morgan fingerprint density at radius 1 is 1.11 bits per heavy atom. The van der Waals surface area contributed by atoms with Crippen LogP contribution >= 0.6 is 0 Å². The third-order valence-corrected chi connectivity index (χ3v) is 4.35. The normalized spacial score (nSPS) is 14.4. The molecule has 0 spiro atoms. The molecular formula is C21H33N3O4. The van der Waals surface area contributed by atoms with E-state index >= 15 is 0 Å². The number of nitrogens with one attached hydrogen (secondary N) is 2. The highest BCUT2D eigenvalue weighted by molar-refractivity contribution is 5.94. The molecule has 7 nitrogen and oxygen atoms in total. The average Bonchev–Trinajstić information content (AvgIpc) is 2.63. The van der Waals surface area contributed by atoms with Gasteiger partial charge in [-0.05, 0) is 30.2 Å². The topological polar surface area (TPSA) is 125 Å². The molecule has 1 aromatic carbocycles. The van der Waals surface area contributed by atoms with Crippen molar-refractivity contribution < 1.29 is 19.4 Å². The van der Waals surface area contributed by atoms with Crippen LogP contribution in [0.15, 0.2) is 30.3 Å². The number of ketones is 1. The van der Waals surface area contributed by atoms with Crippen LogP contribution in [0.4, 0.5) is 4.79 Å². The number of nitrogens with two attached hydrogens (primary N) is 1. The summed E-state index contributed by atoms with van der Waals surface area (Å²) < 4.78 is 5.23. The van der Waals surface area contributed by atoms with Crippen LogP contribution in [-0.4, -0.2) is 35.0 Å². The number of benzene rings is 1. The Morgan fingerprint density at radius 3 is 2.18 bits per heavy atom. The molecule has 3 atom stereocenters. The number of aliphatic hydroxyl groups excluding tert-OH is 1. The fourth-order valence-corrected chi connectivity index (χ4v) is 3.01. The third-order valence-electron chi connectivity index (χ3n) is 4.35. The lowest BCUT2D eigenvalue weighted by Crippen LogP contribution is -2.49. The van der Waals surface area contributed by atoms with Gasteiger partial charge < -0.3 is 20.9 Å². The number of carbonyl (C=O) groups is 2. The second-order valence-electron chi connectivity index (χ2n) is 7.93. The van der Waals surface area contributed by atoms with Crippen LogP contribution in [0, 0.1) is 23.2 Å². The van der Waals surface area contributed by atoms with Crippen LogP contribution in [0.3, 0.4) is 0 Å². The van der Waals surface area contributed by atoms with E-state index in [-0.39, 0.29) is 24.2 Å². The maximum absolute atomic E-state index is 13.1. The lowest BCUT2D eigenvalue weighted by Gasteiger charge is -2.28. The number of hydrogen-bond acceptors (Lipinski definition) is 5. The number of amidine groups is 1. The molecule has 1 aromatic rings. The first kappa shape index (κ1) is 23.6. The van der Waals surface area contributed by atoms with Crippen molar-refractivity contribution in [3.05, 3.63) is 35.9 Å². The highest BCUT2D eigenvalue weighted by atomic mass is 16.5. The van der Waals surface area contributed by atoms with Crippen molar-refractivity contribution in [2.24, 2.45) is 23.5 Å². The number of aliphatic hydroxyl groups is 1. The first-order valence-electron chi connectivity index (χ1n) is 9.64. The minimum absolute atomic E-state index is 0.0980. The number of rotatable bonds is 11. The van der Waals surface area contributed by atoms with Gasteiger partial charge in [0.1, 0.15) is 18.5 Å². The van der Waals surface area contributed by atoms with Crippen LogP contribution in [0.25, 0.3) is 0 Å². The Hall–Kier alpha value is -2.41. The molecule has 28 heavy (non-hydrogen) atoms. The van der Waals surface area contributed by atoms with E-state index in [9.17, 15) is 14.7 Å². The Morgan fingerprint density at radius 2 is 1.68 bits per heavy atom. The van der Waals surface area contributed by atoms with Gasteiger partial charge in [0, 0.05) is 0 Å². The summed E-state index contributed by atoms with van der Waals surface area (Å²) in [5.41, 5.74) is 6.28. The number of carbonyl (C=O) groups excluding carboxylic acids is 2. The maximum atomic E-state index is 13.1. The summed E-state index contributed by atoms with van der Waals surface area (Å²) in [5, 5.41) is 20.4. The van der Waals surface area contributed by atoms with Crippen molar-refractivity contribution in [2.45, 2.75) is 59.3 Å². The maximum Gasteiger partial charge on any atom is 0.408 e. The van der Waals surface area contributed by atoms with Gasteiger partial charge in [-0.1, -0.05) is 58.0 Å². The quantitative estimate of drug-likeness (QED) is 0.341. The molecule has 1 unspecified atom stereocenters. The van der Waals surface area contributed by atoms with Gasteiger partial charge in [-0.2, -0.15) is 0 Å². The van der Waals surface area contributed by atoms with E-state index in [1.165, 1.54) is 0 Å². The molecule has 7 heteroatoms. The Bertz CT molecular complexity index is 646. The van der Waals surface area contributed by atoms with Crippen LogP contribution < -0.4 is 11.1 Å². The summed E-state index contributed by atoms with van der Waals surface area (Å²) in [6.07, 6.45) is -1.29. The molecule has 0 fully saturated rings.